The normalized spacial score (nSPS) is 34.9. The monoisotopic (exact) mass is 228 g/mol. The molecule has 5 nitrogen and oxygen atoms in total. The number of carbonyl (C=O) groups excluding carboxylic acids is 1. The van der Waals surface area contributed by atoms with E-state index in [-0.39, 0.29) is 18.1 Å². The summed E-state index contributed by atoms with van der Waals surface area (Å²) < 4.78 is 5.23. The van der Waals surface area contributed by atoms with Crippen molar-refractivity contribution in [2.24, 2.45) is 5.92 Å². The molecule has 92 valence electrons. The maximum Gasteiger partial charge on any atom is 0.239 e. The van der Waals surface area contributed by atoms with Gasteiger partial charge in [-0.1, -0.05) is 0 Å². The van der Waals surface area contributed by atoms with E-state index in [1.165, 1.54) is 0 Å². The quantitative estimate of drug-likeness (QED) is 0.594. The molecule has 2 fully saturated rings. The van der Waals surface area contributed by atoms with Crippen molar-refractivity contribution in [3.8, 4) is 0 Å². The van der Waals surface area contributed by atoms with Crippen LogP contribution in [0.4, 0.5) is 0 Å². The van der Waals surface area contributed by atoms with Crippen LogP contribution in [0.25, 0.3) is 0 Å². The SMILES string of the molecule is O=C(NCC1CCC(O)C1)C1COCCN1. The Balaban J connectivity index is 1.66. The molecule has 0 spiro atoms. The summed E-state index contributed by atoms with van der Waals surface area (Å²) in [4.78, 5) is 11.7. The molecule has 1 aliphatic carbocycles. The van der Waals surface area contributed by atoms with Crippen molar-refractivity contribution < 1.29 is 14.6 Å². The van der Waals surface area contributed by atoms with E-state index in [9.17, 15) is 9.90 Å². The Kier molecular flexibility index (Phi) is 4.15. The van der Waals surface area contributed by atoms with Crippen LogP contribution in [-0.2, 0) is 9.53 Å². The van der Waals surface area contributed by atoms with E-state index in [2.05, 4.69) is 10.6 Å². The molecule has 3 atom stereocenters. The molecule has 0 bridgehead atoms. The Labute approximate surface area is 95.5 Å². The predicted octanol–water partition coefficient (Wildman–Crippen LogP) is -0.748. The first-order valence-electron chi connectivity index (χ1n) is 6.02. The molecule has 0 aromatic heterocycles. The smallest absolute Gasteiger partial charge is 0.239 e. The number of ether oxygens (including phenoxy) is 1. The van der Waals surface area contributed by atoms with E-state index in [0.717, 1.165) is 25.8 Å². The van der Waals surface area contributed by atoms with Gasteiger partial charge in [0.2, 0.25) is 5.91 Å². The molecule has 1 amide bonds. The van der Waals surface area contributed by atoms with Crippen LogP contribution in [0.2, 0.25) is 0 Å². The average molecular weight is 228 g/mol. The van der Waals surface area contributed by atoms with Gasteiger partial charge in [-0.2, -0.15) is 0 Å². The van der Waals surface area contributed by atoms with E-state index in [1.807, 2.05) is 0 Å². The van der Waals surface area contributed by atoms with E-state index < -0.39 is 0 Å². The van der Waals surface area contributed by atoms with Crippen LogP contribution in [0.1, 0.15) is 19.3 Å². The van der Waals surface area contributed by atoms with Crippen LogP contribution in [-0.4, -0.2) is 49.5 Å². The molecule has 16 heavy (non-hydrogen) atoms. The maximum absolute atomic E-state index is 11.7. The standard InChI is InChI=1S/C11H20N2O3/c14-9-2-1-8(5-9)6-13-11(15)10-7-16-4-3-12-10/h8-10,12,14H,1-7H2,(H,13,15). The first-order valence-corrected chi connectivity index (χ1v) is 6.02. The average Bonchev–Trinajstić information content (AvgIpc) is 2.73. The predicted molar refractivity (Wildman–Crippen MR) is 59.0 cm³/mol. The highest BCUT2D eigenvalue weighted by Gasteiger charge is 2.25. The Hall–Kier alpha value is -0.650. The number of hydrogen-bond acceptors (Lipinski definition) is 4. The van der Waals surface area contributed by atoms with Crippen molar-refractivity contribution in [1.29, 1.82) is 0 Å². The van der Waals surface area contributed by atoms with Crippen molar-refractivity contribution >= 4 is 5.91 Å². The van der Waals surface area contributed by atoms with Crippen LogP contribution in [0.3, 0.4) is 0 Å². The molecule has 1 saturated heterocycles. The minimum atomic E-state index is -0.208. The minimum Gasteiger partial charge on any atom is -0.393 e. The van der Waals surface area contributed by atoms with Gasteiger partial charge in [-0.05, 0) is 25.2 Å². The van der Waals surface area contributed by atoms with E-state index in [0.29, 0.717) is 25.7 Å². The highest BCUT2D eigenvalue weighted by atomic mass is 16.5. The molecule has 1 saturated carbocycles. The molecule has 3 N–H and O–H groups in total. The van der Waals surface area contributed by atoms with Gasteiger partial charge in [0.05, 0.1) is 19.3 Å². The lowest BCUT2D eigenvalue weighted by molar-refractivity contribution is -0.126. The molecule has 3 unspecified atom stereocenters. The second-order valence-corrected chi connectivity index (χ2v) is 4.66. The van der Waals surface area contributed by atoms with Crippen LogP contribution in [0, 0.1) is 5.92 Å². The second-order valence-electron chi connectivity index (χ2n) is 4.66. The van der Waals surface area contributed by atoms with E-state index in [1.54, 1.807) is 0 Å². The van der Waals surface area contributed by atoms with Gasteiger partial charge in [0.1, 0.15) is 6.04 Å². The number of amides is 1. The van der Waals surface area contributed by atoms with Crippen molar-refractivity contribution in [2.45, 2.75) is 31.4 Å². The summed E-state index contributed by atoms with van der Waals surface area (Å²) in [7, 11) is 0. The third-order valence-electron chi connectivity index (χ3n) is 3.32. The number of rotatable bonds is 3. The van der Waals surface area contributed by atoms with Gasteiger partial charge in [-0.15, -0.1) is 0 Å². The fourth-order valence-electron chi connectivity index (χ4n) is 2.34. The van der Waals surface area contributed by atoms with Crippen molar-refractivity contribution in [3.05, 3.63) is 0 Å². The molecular weight excluding hydrogens is 208 g/mol. The number of hydrogen-bond donors (Lipinski definition) is 3. The summed E-state index contributed by atoms with van der Waals surface area (Å²) in [6, 6.07) is -0.208. The summed E-state index contributed by atoms with van der Waals surface area (Å²) in [5, 5.41) is 15.4. The lowest BCUT2D eigenvalue weighted by atomic mass is 10.1. The molecule has 5 heteroatoms. The van der Waals surface area contributed by atoms with Crippen LogP contribution >= 0.6 is 0 Å². The topological polar surface area (TPSA) is 70.6 Å². The molecule has 2 aliphatic rings. The number of carbonyl (C=O) groups is 1. The molecule has 0 aromatic rings. The summed E-state index contributed by atoms with van der Waals surface area (Å²) in [6.45, 7) is 2.55. The number of nitrogens with one attached hydrogen (secondary N) is 2. The lowest BCUT2D eigenvalue weighted by Gasteiger charge is -2.23. The molecule has 0 radical (unpaired) electrons. The van der Waals surface area contributed by atoms with Crippen LogP contribution in [0.15, 0.2) is 0 Å². The van der Waals surface area contributed by atoms with Gasteiger partial charge >= 0.3 is 0 Å². The summed E-state index contributed by atoms with van der Waals surface area (Å²) in [5.41, 5.74) is 0. The van der Waals surface area contributed by atoms with Gasteiger partial charge < -0.3 is 20.5 Å². The zero-order valence-corrected chi connectivity index (χ0v) is 9.45. The number of aliphatic hydroxyl groups is 1. The van der Waals surface area contributed by atoms with Crippen molar-refractivity contribution in [2.75, 3.05) is 26.3 Å². The Bertz CT molecular complexity index is 241. The Morgan fingerprint density at radius 2 is 2.38 bits per heavy atom. The minimum absolute atomic E-state index is 0.0149. The number of morpholine rings is 1. The molecule has 1 heterocycles. The largest absolute Gasteiger partial charge is 0.393 e. The first-order chi connectivity index (χ1) is 7.75. The highest BCUT2D eigenvalue weighted by Crippen LogP contribution is 2.24. The Morgan fingerprint density at radius 3 is 3.00 bits per heavy atom. The third kappa shape index (κ3) is 3.17. The Morgan fingerprint density at radius 1 is 1.50 bits per heavy atom. The van der Waals surface area contributed by atoms with Gasteiger partial charge in [0.25, 0.3) is 0 Å². The molecule has 1 aliphatic heterocycles. The van der Waals surface area contributed by atoms with E-state index in [4.69, 9.17) is 4.74 Å². The van der Waals surface area contributed by atoms with Gasteiger partial charge in [-0.3, -0.25) is 4.79 Å². The maximum atomic E-state index is 11.7. The lowest BCUT2D eigenvalue weighted by Crippen LogP contribution is -2.51. The molecule has 2 rings (SSSR count). The zero-order chi connectivity index (χ0) is 11.4. The van der Waals surface area contributed by atoms with Gasteiger partial charge in [0, 0.05) is 13.1 Å². The summed E-state index contributed by atoms with van der Waals surface area (Å²) in [5.74, 6) is 0.449. The summed E-state index contributed by atoms with van der Waals surface area (Å²) in [6.07, 6.45) is 2.52. The fraction of sp³-hybridized carbons (Fsp3) is 0.909. The van der Waals surface area contributed by atoms with Gasteiger partial charge in [-0.25, -0.2) is 0 Å². The first kappa shape index (κ1) is 11.8. The van der Waals surface area contributed by atoms with Gasteiger partial charge in [0.15, 0.2) is 0 Å². The zero-order valence-electron chi connectivity index (χ0n) is 9.45. The molecular formula is C11H20N2O3. The fourth-order valence-corrected chi connectivity index (χ4v) is 2.34. The van der Waals surface area contributed by atoms with Crippen LogP contribution < -0.4 is 10.6 Å². The van der Waals surface area contributed by atoms with Crippen molar-refractivity contribution in [3.63, 3.8) is 0 Å². The highest BCUT2D eigenvalue weighted by molar-refractivity contribution is 5.81. The molecule has 0 aromatic carbocycles. The van der Waals surface area contributed by atoms with E-state index >= 15 is 0 Å². The van der Waals surface area contributed by atoms with Crippen LogP contribution in [0.5, 0.6) is 0 Å². The second kappa shape index (κ2) is 5.61. The summed E-state index contributed by atoms with van der Waals surface area (Å²) >= 11 is 0. The number of aliphatic hydroxyl groups excluding tert-OH is 1. The third-order valence-corrected chi connectivity index (χ3v) is 3.32. The van der Waals surface area contributed by atoms with Crippen molar-refractivity contribution in [1.82, 2.24) is 10.6 Å².